The normalized spacial score (nSPS) is 18.0. The number of aromatic nitrogens is 1. The summed E-state index contributed by atoms with van der Waals surface area (Å²) in [5.74, 6) is 1.96. The fourth-order valence-corrected chi connectivity index (χ4v) is 3.18. The topological polar surface area (TPSA) is 62.9 Å². The molecule has 1 saturated heterocycles. The number of halogens is 4. The molecular formula is C21H28F3IN4O2. The summed E-state index contributed by atoms with van der Waals surface area (Å²) in [6.07, 6.45) is -3.14. The van der Waals surface area contributed by atoms with Crippen molar-refractivity contribution in [2.24, 2.45) is 4.99 Å². The molecule has 0 aliphatic carbocycles. The SMILES string of the molecule is CN=C(NCc1ncc(C(C)(C)C)o1)N1CCOC(c2cccc(C(F)(F)F)c2)C1.I. The Hall–Kier alpha value is -1.82. The monoisotopic (exact) mass is 552 g/mol. The zero-order valence-electron chi connectivity index (χ0n) is 18.0. The van der Waals surface area contributed by atoms with Crippen LogP contribution in [0.4, 0.5) is 13.2 Å². The Kier molecular flexibility index (Phi) is 8.37. The van der Waals surface area contributed by atoms with Crippen molar-refractivity contribution in [1.82, 2.24) is 15.2 Å². The van der Waals surface area contributed by atoms with E-state index >= 15 is 0 Å². The average Bonchev–Trinajstić information content (AvgIpc) is 3.18. The Bertz CT molecular complexity index is 893. The highest BCUT2D eigenvalue weighted by Gasteiger charge is 2.32. The maximum absolute atomic E-state index is 13.0. The van der Waals surface area contributed by atoms with Gasteiger partial charge < -0.3 is 19.4 Å². The number of aliphatic imine (C=N–C) groups is 1. The number of rotatable bonds is 3. The molecule has 10 heteroatoms. The van der Waals surface area contributed by atoms with Crippen molar-refractivity contribution >= 4 is 29.9 Å². The first kappa shape index (κ1) is 25.4. The summed E-state index contributed by atoms with van der Waals surface area (Å²) in [6, 6.07) is 5.27. The number of guanidine groups is 1. The molecule has 1 N–H and O–H groups in total. The summed E-state index contributed by atoms with van der Waals surface area (Å²) in [4.78, 5) is 10.5. The molecule has 0 spiro atoms. The van der Waals surface area contributed by atoms with Crippen molar-refractivity contribution in [2.75, 3.05) is 26.7 Å². The average molecular weight is 552 g/mol. The first-order chi connectivity index (χ1) is 14.1. The van der Waals surface area contributed by atoms with Crippen molar-refractivity contribution in [1.29, 1.82) is 0 Å². The molecule has 31 heavy (non-hydrogen) atoms. The highest BCUT2D eigenvalue weighted by Crippen LogP contribution is 2.32. The lowest BCUT2D eigenvalue weighted by atomic mass is 9.94. The minimum atomic E-state index is -4.39. The molecule has 2 heterocycles. The van der Waals surface area contributed by atoms with Crippen LogP contribution in [-0.2, 0) is 22.9 Å². The first-order valence-electron chi connectivity index (χ1n) is 9.77. The molecular weight excluding hydrogens is 524 g/mol. The summed E-state index contributed by atoms with van der Waals surface area (Å²) in [5, 5.41) is 3.21. The van der Waals surface area contributed by atoms with Crippen LogP contribution in [0.3, 0.4) is 0 Å². The fourth-order valence-electron chi connectivity index (χ4n) is 3.18. The summed E-state index contributed by atoms with van der Waals surface area (Å²) < 4.78 is 50.6. The summed E-state index contributed by atoms with van der Waals surface area (Å²) in [7, 11) is 1.66. The molecule has 1 aliphatic rings. The third-order valence-corrected chi connectivity index (χ3v) is 4.85. The lowest BCUT2D eigenvalue weighted by Gasteiger charge is -2.35. The molecule has 1 unspecified atom stereocenters. The number of hydrogen-bond acceptors (Lipinski definition) is 4. The lowest BCUT2D eigenvalue weighted by molar-refractivity contribution is -0.137. The van der Waals surface area contributed by atoms with Crippen LogP contribution in [0.1, 0.15) is 49.7 Å². The summed E-state index contributed by atoms with van der Waals surface area (Å²) in [5.41, 5.74) is -0.316. The second-order valence-electron chi connectivity index (χ2n) is 8.20. The summed E-state index contributed by atoms with van der Waals surface area (Å²) >= 11 is 0. The molecule has 2 aromatic rings. The van der Waals surface area contributed by atoms with Crippen LogP contribution >= 0.6 is 24.0 Å². The predicted octanol–water partition coefficient (Wildman–Crippen LogP) is 4.76. The minimum absolute atomic E-state index is 0. The molecule has 0 amide bonds. The smallest absolute Gasteiger partial charge is 0.416 e. The lowest BCUT2D eigenvalue weighted by Crippen LogP contribution is -2.48. The second-order valence-corrected chi connectivity index (χ2v) is 8.20. The van der Waals surface area contributed by atoms with Gasteiger partial charge in [0.05, 0.1) is 31.5 Å². The Morgan fingerprint density at radius 1 is 1.29 bits per heavy atom. The minimum Gasteiger partial charge on any atom is -0.443 e. The van der Waals surface area contributed by atoms with E-state index < -0.39 is 17.8 Å². The van der Waals surface area contributed by atoms with Crippen molar-refractivity contribution in [2.45, 2.75) is 45.0 Å². The van der Waals surface area contributed by atoms with E-state index in [0.29, 0.717) is 43.7 Å². The number of oxazole rings is 1. The Morgan fingerprint density at radius 3 is 2.65 bits per heavy atom. The Balaban J connectivity index is 0.00000341. The largest absolute Gasteiger partial charge is 0.443 e. The molecule has 6 nitrogen and oxygen atoms in total. The molecule has 0 radical (unpaired) electrons. The number of alkyl halides is 3. The van der Waals surface area contributed by atoms with Gasteiger partial charge in [-0.15, -0.1) is 24.0 Å². The van der Waals surface area contributed by atoms with Crippen LogP contribution < -0.4 is 5.32 Å². The van der Waals surface area contributed by atoms with E-state index in [1.165, 1.54) is 6.07 Å². The maximum Gasteiger partial charge on any atom is 0.416 e. The number of nitrogens with one attached hydrogen (secondary N) is 1. The third-order valence-electron chi connectivity index (χ3n) is 4.85. The van der Waals surface area contributed by atoms with Gasteiger partial charge in [0.25, 0.3) is 0 Å². The molecule has 1 atom stereocenters. The molecule has 1 aromatic carbocycles. The van der Waals surface area contributed by atoms with E-state index in [1.54, 1.807) is 19.3 Å². The van der Waals surface area contributed by atoms with Gasteiger partial charge in [0.1, 0.15) is 11.9 Å². The van der Waals surface area contributed by atoms with E-state index in [1.807, 2.05) is 25.7 Å². The maximum atomic E-state index is 13.0. The van der Waals surface area contributed by atoms with E-state index in [9.17, 15) is 13.2 Å². The predicted molar refractivity (Wildman–Crippen MR) is 123 cm³/mol. The zero-order chi connectivity index (χ0) is 21.9. The van der Waals surface area contributed by atoms with Crippen LogP contribution in [0.5, 0.6) is 0 Å². The van der Waals surface area contributed by atoms with Gasteiger partial charge in [-0.2, -0.15) is 13.2 Å². The van der Waals surface area contributed by atoms with Gasteiger partial charge in [0.2, 0.25) is 5.89 Å². The molecule has 0 saturated carbocycles. The highest BCUT2D eigenvalue weighted by atomic mass is 127. The van der Waals surface area contributed by atoms with Crippen molar-refractivity contribution < 1.29 is 22.3 Å². The van der Waals surface area contributed by atoms with Crippen LogP contribution in [0.25, 0.3) is 0 Å². The number of hydrogen-bond donors (Lipinski definition) is 1. The van der Waals surface area contributed by atoms with Gasteiger partial charge in [0.15, 0.2) is 5.96 Å². The fraction of sp³-hybridized carbons (Fsp3) is 0.524. The van der Waals surface area contributed by atoms with Gasteiger partial charge in [-0.05, 0) is 17.7 Å². The Labute approximate surface area is 197 Å². The molecule has 0 bridgehead atoms. The number of morpholine rings is 1. The molecule has 1 aliphatic heterocycles. The van der Waals surface area contributed by atoms with Crippen LogP contribution in [0.2, 0.25) is 0 Å². The zero-order valence-corrected chi connectivity index (χ0v) is 20.3. The van der Waals surface area contributed by atoms with E-state index in [2.05, 4.69) is 15.3 Å². The van der Waals surface area contributed by atoms with Crippen molar-refractivity contribution in [3.05, 3.63) is 53.2 Å². The summed E-state index contributed by atoms with van der Waals surface area (Å²) in [6.45, 7) is 7.85. The van der Waals surface area contributed by atoms with Gasteiger partial charge >= 0.3 is 6.18 Å². The van der Waals surface area contributed by atoms with Gasteiger partial charge in [-0.25, -0.2) is 4.98 Å². The molecule has 1 aromatic heterocycles. The number of nitrogens with zero attached hydrogens (tertiary/aromatic N) is 3. The first-order valence-corrected chi connectivity index (χ1v) is 9.77. The van der Waals surface area contributed by atoms with Crippen LogP contribution in [0.15, 0.2) is 39.9 Å². The highest BCUT2D eigenvalue weighted by molar-refractivity contribution is 14.0. The Morgan fingerprint density at radius 2 is 2.03 bits per heavy atom. The van der Waals surface area contributed by atoms with Gasteiger partial charge in [-0.1, -0.05) is 32.9 Å². The van der Waals surface area contributed by atoms with E-state index in [0.717, 1.165) is 17.9 Å². The third kappa shape index (κ3) is 6.58. The number of benzene rings is 1. The molecule has 1 fully saturated rings. The van der Waals surface area contributed by atoms with Crippen molar-refractivity contribution in [3.8, 4) is 0 Å². The quantitative estimate of drug-likeness (QED) is 0.338. The van der Waals surface area contributed by atoms with E-state index in [4.69, 9.17) is 9.15 Å². The van der Waals surface area contributed by atoms with Gasteiger partial charge in [0, 0.05) is 19.0 Å². The van der Waals surface area contributed by atoms with Crippen molar-refractivity contribution in [3.63, 3.8) is 0 Å². The standard InChI is InChI=1S/C21H27F3N4O2.HI/c1-20(2,3)17-11-26-18(30-17)12-27-19(25-4)28-8-9-29-16(13-28)14-6-5-7-15(10-14)21(22,23)24;/h5-7,10-11,16H,8-9,12-13H2,1-4H3,(H,25,27);1H. The van der Waals surface area contributed by atoms with Gasteiger partial charge in [-0.3, -0.25) is 4.99 Å². The van der Waals surface area contributed by atoms with Crippen LogP contribution in [0, 0.1) is 0 Å². The second kappa shape index (κ2) is 10.2. The molecule has 3 rings (SSSR count). The van der Waals surface area contributed by atoms with E-state index in [-0.39, 0.29) is 29.4 Å². The molecule has 172 valence electrons. The van der Waals surface area contributed by atoms with Crippen LogP contribution in [-0.4, -0.2) is 42.6 Å². The number of ether oxygens (including phenoxy) is 1.